The summed E-state index contributed by atoms with van der Waals surface area (Å²) in [5.74, 6) is 0.197. The van der Waals surface area contributed by atoms with E-state index in [0.717, 1.165) is 6.42 Å². The van der Waals surface area contributed by atoms with Crippen molar-refractivity contribution in [2.24, 2.45) is 5.92 Å². The fourth-order valence-corrected chi connectivity index (χ4v) is 0.228. The normalized spacial score (nSPS) is 13.4. The summed E-state index contributed by atoms with van der Waals surface area (Å²) in [5, 5.41) is 0. The second-order valence-electron chi connectivity index (χ2n) is 1.78. The fourth-order valence-electron chi connectivity index (χ4n) is 0.228. The molecule has 0 amide bonds. The minimum Gasteiger partial charge on any atom is -0.244 e. The minimum absolute atomic E-state index is 0.0440. The molecule has 0 saturated heterocycles. The molecular weight excluding hydrogens is 88.1 g/mol. The average molecular weight is 99.2 g/mol. The molecule has 0 aromatic carbocycles. The Balaban J connectivity index is 3.34. The molecular formula is C6H11O+. The number of hydrogen-bond acceptors (Lipinski definition) is 1. The van der Waals surface area contributed by atoms with Crippen molar-refractivity contribution in [3.05, 3.63) is 6.92 Å². The third-order valence-corrected chi connectivity index (χ3v) is 1.16. The monoisotopic (exact) mass is 99.1 g/mol. The summed E-state index contributed by atoms with van der Waals surface area (Å²) in [5.41, 5.74) is 0. The van der Waals surface area contributed by atoms with Crippen LogP contribution in [0.4, 0.5) is 0 Å². The van der Waals surface area contributed by atoms with E-state index in [1.165, 1.54) is 0 Å². The fraction of sp³-hybridized carbons (Fsp3) is 0.667. The van der Waals surface area contributed by atoms with Gasteiger partial charge in [0.1, 0.15) is 6.92 Å². The van der Waals surface area contributed by atoms with Crippen LogP contribution in [0.25, 0.3) is 0 Å². The van der Waals surface area contributed by atoms with Crippen molar-refractivity contribution in [3.63, 3.8) is 0 Å². The molecule has 0 aliphatic rings. The van der Waals surface area contributed by atoms with E-state index >= 15 is 0 Å². The lowest BCUT2D eigenvalue weighted by Gasteiger charge is -1.92. The summed E-state index contributed by atoms with van der Waals surface area (Å²) in [6, 6.07) is 0. The first-order valence-electron chi connectivity index (χ1n) is 2.54. The topological polar surface area (TPSA) is 17.1 Å². The maximum Gasteiger partial charge on any atom is 0.306 e. The molecule has 0 fully saturated rings. The molecule has 1 unspecified atom stereocenters. The Labute approximate surface area is 44.7 Å². The number of carbonyl (C=O) groups is 1. The first-order chi connectivity index (χ1) is 3.18. The largest absolute Gasteiger partial charge is 0.306 e. The molecule has 1 atom stereocenters. The van der Waals surface area contributed by atoms with Crippen molar-refractivity contribution in [1.29, 1.82) is 0 Å². The van der Waals surface area contributed by atoms with E-state index in [2.05, 4.69) is 6.92 Å². The average Bonchev–Trinajstić information content (AvgIpc) is 1.65. The molecule has 0 saturated carbocycles. The van der Waals surface area contributed by atoms with Crippen LogP contribution in [-0.2, 0) is 4.79 Å². The van der Waals surface area contributed by atoms with Gasteiger partial charge in [0, 0.05) is 0 Å². The van der Waals surface area contributed by atoms with Crippen molar-refractivity contribution >= 4 is 5.78 Å². The van der Waals surface area contributed by atoms with E-state index in [1.54, 1.807) is 0 Å². The first-order valence-corrected chi connectivity index (χ1v) is 2.54. The van der Waals surface area contributed by atoms with Crippen molar-refractivity contribution < 1.29 is 4.79 Å². The highest BCUT2D eigenvalue weighted by molar-refractivity contribution is 5.84. The SMILES string of the molecule is [CH2+]C(=O)C(C)CC. The van der Waals surface area contributed by atoms with E-state index in [9.17, 15) is 4.79 Å². The van der Waals surface area contributed by atoms with Gasteiger partial charge >= 0.3 is 5.78 Å². The van der Waals surface area contributed by atoms with Crippen LogP contribution >= 0.6 is 0 Å². The van der Waals surface area contributed by atoms with Gasteiger partial charge in [-0.3, -0.25) is 0 Å². The van der Waals surface area contributed by atoms with Crippen LogP contribution in [0.3, 0.4) is 0 Å². The Hall–Kier alpha value is -0.460. The molecule has 0 spiro atoms. The van der Waals surface area contributed by atoms with E-state index in [4.69, 9.17) is 0 Å². The van der Waals surface area contributed by atoms with Crippen LogP contribution in [0.1, 0.15) is 20.3 Å². The second-order valence-corrected chi connectivity index (χ2v) is 1.78. The summed E-state index contributed by atoms with van der Waals surface area (Å²) in [6.45, 7) is 7.13. The first kappa shape index (κ1) is 6.54. The molecule has 0 aromatic heterocycles. The van der Waals surface area contributed by atoms with Gasteiger partial charge in [-0.15, -0.1) is 0 Å². The van der Waals surface area contributed by atoms with E-state index in [0.29, 0.717) is 0 Å². The van der Waals surface area contributed by atoms with Crippen molar-refractivity contribution in [2.75, 3.05) is 0 Å². The molecule has 0 radical (unpaired) electrons. The van der Waals surface area contributed by atoms with Gasteiger partial charge in [0.2, 0.25) is 0 Å². The van der Waals surface area contributed by atoms with Crippen molar-refractivity contribution in [1.82, 2.24) is 0 Å². The maximum absolute atomic E-state index is 10.3. The van der Waals surface area contributed by atoms with Crippen LogP contribution in [0.2, 0.25) is 0 Å². The Morgan fingerprint density at radius 1 is 1.86 bits per heavy atom. The quantitative estimate of drug-likeness (QED) is 0.479. The Bertz CT molecular complexity index is 66.6. The highest BCUT2D eigenvalue weighted by Gasteiger charge is 2.09. The van der Waals surface area contributed by atoms with Gasteiger partial charge in [-0.25, -0.2) is 4.79 Å². The predicted octanol–water partition coefficient (Wildman–Crippen LogP) is 1.44. The zero-order chi connectivity index (χ0) is 5.86. The summed E-state index contributed by atoms with van der Waals surface area (Å²) in [7, 11) is 0. The highest BCUT2D eigenvalue weighted by Crippen LogP contribution is 1.99. The summed E-state index contributed by atoms with van der Waals surface area (Å²) in [6.07, 6.45) is 0.905. The van der Waals surface area contributed by atoms with Gasteiger partial charge in [0.15, 0.2) is 0 Å². The third kappa shape index (κ3) is 2.26. The van der Waals surface area contributed by atoms with E-state index in [-0.39, 0.29) is 11.7 Å². The van der Waals surface area contributed by atoms with Crippen molar-refractivity contribution in [3.8, 4) is 0 Å². The second kappa shape index (κ2) is 2.67. The smallest absolute Gasteiger partial charge is 0.244 e. The van der Waals surface area contributed by atoms with Gasteiger partial charge in [0.25, 0.3) is 0 Å². The molecule has 0 heterocycles. The minimum atomic E-state index is 0.0440. The number of ketones is 1. The third-order valence-electron chi connectivity index (χ3n) is 1.16. The zero-order valence-corrected chi connectivity index (χ0v) is 4.90. The summed E-state index contributed by atoms with van der Waals surface area (Å²) in [4.78, 5) is 10.3. The Kier molecular flexibility index (Phi) is 2.49. The number of hydrogen-bond donors (Lipinski definition) is 0. The number of rotatable bonds is 2. The van der Waals surface area contributed by atoms with Gasteiger partial charge < -0.3 is 0 Å². The van der Waals surface area contributed by atoms with E-state index < -0.39 is 0 Å². The van der Waals surface area contributed by atoms with Crippen LogP contribution in [0, 0.1) is 12.8 Å². The Morgan fingerprint density at radius 3 is 2.29 bits per heavy atom. The van der Waals surface area contributed by atoms with Gasteiger partial charge in [-0.2, -0.15) is 0 Å². The van der Waals surface area contributed by atoms with E-state index in [1.807, 2.05) is 13.8 Å². The van der Waals surface area contributed by atoms with Crippen LogP contribution in [0.5, 0.6) is 0 Å². The number of carbonyl (C=O) groups excluding carboxylic acids is 1. The van der Waals surface area contributed by atoms with Crippen molar-refractivity contribution in [2.45, 2.75) is 20.3 Å². The summed E-state index contributed by atoms with van der Waals surface area (Å²) >= 11 is 0. The maximum atomic E-state index is 10.3. The number of Topliss-reactive ketones (excluding diaryl/α,β-unsaturated/α-hetero) is 1. The molecule has 0 aliphatic carbocycles. The molecule has 0 rings (SSSR count). The predicted molar refractivity (Wildman–Crippen MR) is 29.8 cm³/mol. The lowest BCUT2D eigenvalue weighted by Crippen LogP contribution is -2.03. The lowest BCUT2D eigenvalue weighted by molar-refractivity contribution is -0.118. The zero-order valence-electron chi connectivity index (χ0n) is 4.90. The molecule has 40 valence electrons. The molecule has 7 heavy (non-hydrogen) atoms. The molecule has 0 bridgehead atoms. The van der Waals surface area contributed by atoms with Gasteiger partial charge in [0.05, 0.1) is 5.92 Å². The van der Waals surface area contributed by atoms with Crippen LogP contribution in [-0.4, -0.2) is 5.78 Å². The molecule has 0 N–H and O–H groups in total. The summed E-state index contributed by atoms with van der Waals surface area (Å²) < 4.78 is 0. The highest BCUT2D eigenvalue weighted by atomic mass is 16.1. The molecule has 0 aromatic rings. The standard InChI is InChI=1S/C6H11O/c1-4-5(2)6(3)7/h5H,3-4H2,1-2H3/q+1. The molecule has 0 aliphatic heterocycles. The van der Waals surface area contributed by atoms with Crippen LogP contribution in [0.15, 0.2) is 0 Å². The van der Waals surface area contributed by atoms with Gasteiger partial charge in [-0.05, 0) is 6.42 Å². The molecule has 1 heteroatoms. The van der Waals surface area contributed by atoms with Gasteiger partial charge in [-0.1, -0.05) is 13.8 Å². The molecule has 1 nitrogen and oxygen atoms in total. The lowest BCUT2D eigenvalue weighted by atomic mass is 10.1. The Morgan fingerprint density at radius 2 is 2.29 bits per heavy atom. The van der Waals surface area contributed by atoms with Crippen LogP contribution < -0.4 is 0 Å².